The van der Waals surface area contributed by atoms with Crippen LogP contribution in [0.4, 0.5) is 14.5 Å². The first-order chi connectivity index (χ1) is 8.08. The van der Waals surface area contributed by atoms with Gasteiger partial charge in [-0.15, -0.1) is 0 Å². The summed E-state index contributed by atoms with van der Waals surface area (Å²) in [6.07, 6.45) is 1.66. The van der Waals surface area contributed by atoms with Crippen LogP contribution in [0.2, 0.25) is 0 Å². The van der Waals surface area contributed by atoms with E-state index < -0.39 is 11.6 Å². The third-order valence-electron chi connectivity index (χ3n) is 2.60. The summed E-state index contributed by atoms with van der Waals surface area (Å²) in [4.78, 5) is 0. The van der Waals surface area contributed by atoms with Crippen molar-refractivity contribution in [1.29, 1.82) is 0 Å². The minimum atomic E-state index is -0.472. The van der Waals surface area contributed by atoms with Crippen LogP contribution in [0.3, 0.4) is 0 Å². The van der Waals surface area contributed by atoms with Gasteiger partial charge in [-0.3, -0.25) is 4.68 Å². The molecule has 1 unspecified atom stereocenters. The number of aryl methyl sites for hydroxylation is 1. The SMILES string of the molecule is CC(Nc1cc(F)ccc1F)c1ccnn1C. The highest BCUT2D eigenvalue weighted by atomic mass is 19.1. The van der Waals surface area contributed by atoms with Crippen LogP contribution in [0, 0.1) is 11.6 Å². The molecule has 0 aliphatic carbocycles. The van der Waals surface area contributed by atoms with E-state index in [9.17, 15) is 8.78 Å². The summed E-state index contributed by atoms with van der Waals surface area (Å²) in [5, 5.41) is 6.95. The lowest BCUT2D eigenvalue weighted by Gasteiger charge is -2.16. The Morgan fingerprint density at radius 2 is 2.06 bits per heavy atom. The lowest BCUT2D eigenvalue weighted by atomic mass is 10.2. The molecule has 5 heteroatoms. The Morgan fingerprint density at radius 1 is 1.29 bits per heavy atom. The van der Waals surface area contributed by atoms with Crippen molar-refractivity contribution in [2.45, 2.75) is 13.0 Å². The first kappa shape index (κ1) is 11.6. The van der Waals surface area contributed by atoms with Crippen molar-refractivity contribution in [3.63, 3.8) is 0 Å². The third kappa shape index (κ3) is 2.43. The topological polar surface area (TPSA) is 29.9 Å². The molecule has 0 radical (unpaired) electrons. The van der Waals surface area contributed by atoms with Gasteiger partial charge < -0.3 is 5.32 Å². The molecule has 0 fully saturated rings. The van der Waals surface area contributed by atoms with Crippen molar-refractivity contribution in [3.05, 3.63) is 47.8 Å². The van der Waals surface area contributed by atoms with Gasteiger partial charge in [0, 0.05) is 13.2 Å². The highest BCUT2D eigenvalue weighted by Crippen LogP contribution is 2.21. The van der Waals surface area contributed by atoms with E-state index in [1.165, 1.54) is 0 Å². The molecule has 0 aliphatic rings. The number of nitrogens with zero attached hydrogens (tertiary/aromatic N) is 2. The van der Waals surface area contributed by atoms with Crippen LogP contribution in [0.25, 0.3) is 0 Å². The van der Waals surface area contributed by atoms with Gasteiger partial charge in [-0.05, 0) is 31.2 Å². The molecule has 1 atom stereocenters. The lowest BCUT2D eigenvalue weighted by Crippen LogP contribution is -2.12. The number of anilines is 1. The number of hydrogen-bond acceptors (Lipinski definition) is 2. The van der Waals surface area contributed by atoms with E-state index in [-0.39, 0.29) is 11.7 Å². The van der Waals surface area contributed by atoms with Crippen molar-refractivity contribution < 1.29 is 8.78 Å². The van der Waals surface area contributed by atoms with Crippen LogP contribution in [0.5, 0.6) is 0 Å². The minimum Gasteiger partial charge on any atom is -0.375 e. The van der Waals surface area contributed by atoms with Crippen molar-refractivity contribution in [1.82, 2.24) is 9.78 Å². The van der Waals surface area contributed by atoms with Crippen molar-refractivity contribution in [3.8, 4) is 0 Å². The molecule has 1 aromatic heterocycles. The van der Waals surface area contributed by atoms with Gasteiger partial charge in [0.1, 0.15) is 11.6 Å². The van der Waals surface area contributed by atoms with E-state index in [0.717, 1.165) is 23.9 Å². The van der Waals surface area contributed by atoms with Crippen molar-refractivity contribution in [2.75, 3.05) is 5.32 Å². The van der Waals surface area contributed by atoms with Gasteiger partial charge in [0.2, 0.25) is 0 Å². The normalized spacial score (nSPS) is 12.5. The van der Waals surface area contributed by atoms with Crippen LogP contribution in [0.15, 0.2) is 30.5 Å². The maximum atomic E-state index is 13.4. The second kappa shape index (κ2) is 4.53. The van der Waals surface area contributed by atoms with Crippen molar-refractivity contribution in [2.24, 2.45) is 7.05 Å². The van der Waals surface area contributed by atoms with E-state index in [1.807, 2.05) is 13.0 Å². The van der Waals surface area contributed by atoms with Crippen LogP contribution in [-0.2, 0) is 7.05 Å². The Hall–Kier alpha value is -1.91. The molecule has 1 heterocycles. The predicted octanol–water partition coefficient (Wildman–Crippen LogP) is 2.87. The van der Waals surface area contributed by atoms with Gasteiger partial charge in [-0.25, -0.2) is 8.78 Å². The quantitative estimate of drug-likeness (QED) is 0.889. The van der Waals surface area contributed by atoms with Gasteiger partial charge in [0.05, 0.1) is 17.4 Å². The number of rotatable bonds is 3. The number of halogens is 2. The molecule has 2 aromatic rings. The summed E-state index contributed by atoms with van der Waals surface area (Å²) < 4.78 is 28.1. The smallest absolute Gasteiger partial charge is 0.146 e. The fraction of sp³-hybridized carbons (Fsp3) is 0.250. The highest BCUT2D eigenvalue weighted by molar-refractivity contribution is 5.46. The number of aromatic nitrogens is 2. The number of benzene rings is 1. The van der Waals surface area contributed by atoms with E-state index >= 15 is 0 Å². The molecule has 17 heavy (non-hydrogen) atoms. The Balaban J connectivity index is 2.21. The summed E-state index contributed by atoms with van der Waals surface area (Å²) in [5.74, 6) is -0.938. The first-order valence-electron chi connectivity index (χ1n) is 5.27. The van der Waals surface area contributed by atoms with Gasteiger partial charge in [0.25, 0.3) is 0 Å². The van der Waals surface area contributed by atoms with Gasteiger partial charge >= 0.3 is 0 Å². The standard InChI is InChI=1S/C12H13F2N3/c1-8(12-5-6-15-17(12)2)16-11-7-9(13)3-4-10(11)14/h3-8,16H,1-2H3. The zero-order valence-corrected chi connectivity index (χ0v) is 9.61. The van der Waals surface area contributed by atoms with E-state index in [1.54, 1.807) is 17.9 Å². The van der Waals surface area contributed by atoms with E-state index in [0.29, 0.717) is 0 Å². The monoisotopic (exact) mass is 237 g/mol. The molecule has 1 N–H and O–H groups in total. The summed E-state index contributed by atoms with van der Waals surface area (Å²) in [5.41, 5.74) is 1.05. The second-order valence-corrected chi connectivity index (χ2v) is 3.87. The van der Waals surface area contributed by atoms with Crippen LogP contribution < -0.4 is 5.32 Å². The Kier molecular flexibility index (Phi) is 3.08. The molecule has 0 saturated heterocycles. The Morgan fingerprint density at radius 3 is 2.71 bits per heavy atom. The molecule has 0 bridgehead atoms. The van der Waals surface area contributed by atoms with Crippen LogP contribution >= 0.6 is 0 Å². The molecule has 3 nitrogen and oxygen atoms in total. The number of hydrogen-bond donors (Lipinski definition) is 1. The molecule has 0 saturated carbocycles. The fourth-order valence-electron chi connectivity index (χ4n) is 1.72. The lowest BCUT2D eigenvalue weighted by molar-refractivity contribution is 0.598. The summed E-state index contributed by atoms with van der Waals surface area (Å²) in [7, 11) is 1.80. The molecule has 0 spiro atoms. The molecular weight excluding hydrogens is 224 g/mol. The summed E-state index contributed by atoms with van der Waals surface area (Å²) in [6, 6.07) is 5.01. The van der Waals surface area contributed by atoms with Crippen LogP contribution in [0.1, 0.15) is 18.7 Å². The second-order valence-electron chi connectivity index (χ2n) is 3.87. The molecule has 0 aliphatic heterocycles. The van der Waals surface area contributed by atoms with Gasteiger partial charge in [-0.1, -0.05) is 0 Å². The fourth-order valence-corrected chi connectivity index (χ4v) is 1.72. The average Bonchev–Trinajstić information content (AvgIpc) is 2.70. The van der Waals surface area contributed by atoms with Crippen molar-refractivity contribution >= 4 is 5.69 Å². The van der Waals surface area contributed by atoms with E-state index in [4.69, 9.17) is 0 Å². The molecule has 1 aromatic carbocycles. The zero-order chi connectivity index (χ0) is 12.4. The minimum absolute atomic E-state index is 0.152. The van der Waals surface area contributed by atoms with E-state index in [2.05, 4.69) is 10.4 Å². The zero-order valence-electron chi connectivity index (χ0n) is 9.61. The third-order valence-corrected chi connectivity index (χ3v) is 2.60. The maximum Gasteiger partial charge on any atom is 0.146 e. The number of nitrogens with one attached hydrogen (secondary N) is 1. The largest absolute Gasteiger partial charge is 0.375 e. The Bertz CT molecular complexity index is 522. The molecule has 2 rings (SSSR count). The first-order valence-corrected chi connectivity index (χ1v) is 5.27. The van der Waals surface area contributed by atoms with Gasteiger partial charge in [0.15, 0.2) is 0 Å². The molecule has 0 amide bonds. The summed E-state index contributed by atoms with van der Waals surface area (Å²) in [6.45, 7) is 1.86. The highest BCUT2D eigenvalue weighted by Gasteiger charge is 2.11. The maximum absolute atomic E-state index is 13.4. The molecular formula is C12H13F2N3. The van der Waals surface area contributed by atoms with Gasteiger partial charge in [-0.2, -0.15) is 5.10 Å². The predicted molar refractivity (Wildman–Crippen MR) is 61.6 cm³/mol. The molecule has 90 valence electrons. The average molecular weight is 237 g/mol. The summed E-state index contributed by atoms with van der Waals surface area (Å²) >= 11 is 0. The van der Waals surface area contributed by atoms with Crippen LogP contribution in [-0.4, -0.2) is 9.78 Å². The Labute approximate surface area is 98.1 Å².